The quantitative estimate of drug-likeness (QED) is 0.927. The fraction of sp³-hybridized carbons (Fsp3) is 0.389. The highest BCUT2D eigenvalue weighted by Crippen LogP contribution is 2.31. The molecule has 1 amide bonds. The minimum atomic E-state index is -0.0899. The van der Waals surface area contributed by atoms with E-state index in [0.29, 0.717) is 11.0 Å². The molecule has 1 N–H and O–H groups in total. The molecule has 2 heterocycles. The van der Waals surface area contributed by atoms with E-state index in [2.05, 4.69) is 27.3 Å². The zero-order chi connectivity index (χ0) is 16.9. The van der Waals surface area contributed by atoms with Crippen LogP contribution in [0.4, 0.5) is 5.13 Å². The van der Waals surface area contributed by atoms with Crippen LogP contribution in [-0.2, 0) is 11.3 Å². The second-order valence-corrected chi connectivity index (χ2v) is 7.18. The molecule has 1 aliphatic rings. The molecule has 2 aromatic rings. The van der Waals surface area contributed by atoms with Crippen LogP contribution in [0.5, 0.6) is 0 Å². The van der Waals surface area contributed by atoms with Crippen molar-refractivity contribution >= 4 is 22.4 Å². The Bertz CT molecular complexity index is 756. The summed E-state index contributed by atoms with van der Waals surface area (Å²) in [6.07, 6.45) is 3.97. The maximum atomic E-state index is 11.1. The molecule has 0 atom stereocenters. The highest BCUT2D eigenvalue weighted by atomic mass is 32.1. The largest absolute Gasteiger partial charge is 0.302 e. The molecule has 3 rings (SSSR count). The lowest BCUT2D eigenvalue weighted by Crippen LogP contribution is -2.32. The predicted octanol–water partition coefficient (Wildman–Crippen LogP) is 3.35. The maximum Gasteiger partial charge on any atom is 0.223 e. The molecule has 0 saturated carbocycles. The zero-order valence-corrected chi connectivity index (χ0v) is 14.5. The van der Waals surface area contributed by atoms with Crippen LogP contribution in [0.1, 0.15) is 41.7 Å². The van der Waals surface area contributed by atoms with Gasteiger partial charge in [0.25, 0.3) is 0 Å². The number of amides is 1. The molecule has 1 aromatic heterocycles. The summed E-state index contributed by atoms with van der Waals surface area (Å²) in [4.78, 5) is 18.9. The maximum absolute atomic E-state index is 11.1. The Hall–Kier alpha value is -2.23. The summed E-state index contributed by atoms with van der Waals surface area (Å²) >= 11 is 1.53. The number of anilines is 1. The Labute approximate surface area is 145 Å². The van der Waals surface area contributed by atoms with Crippen molar-refractivity contribution in [2.45, 2.75) is 32.2 Å². The van der Waals surface area contributed by atoms with Gasteiger partial charge in [0.1, 0.15) is 0 Å². The molecule has 124 valence electrons. The van der Waals surface area contributed by atoms with E-state index in [0.717, 1.165) is 42.9 Å². The third kappa shape index (κ3) is 3.99. The molecule has 1 saturated heterocycles. The van der Waals surface area contributed by atoms with E-state index in [1.165, 1.54) is 23.8 Å². The van der Waals surface area contributed by atoms with E-state index < -0.39 is 0 Å². The van der Waals surface area contributed by atoms with Crippen molar-refractivity contribution in [3.8, 4) is 6.07 Å². The summed E-state index contributed by atoms with van der Waals surface area (Å²) in [6.45, 7) is 4.38. The Morgan fingerprint density at radius 3 is 2.88 bits per heavy atom. The van der Waals surface area contributed by atoms with E-state index in [9.17, 15) is 10.1 Å². The standard InChI is InChI=1S/C18H20N4OS/c1-13(23)21-18-20-11-16(24-18)12-22-8-6-14(7-9-22)17-5-3-2-4-15(17)10-19/h2-5,11,14H,6-9,12H2,1H3,(H,20,21,23). The molecule has 0 spiro atoms. The van der Waals surface area contributed by atoms with Crippen molar-refractivity contribution in [2.75, 3.05) is 18.4 Å². The first-order chi connectivity index (χ1) is 11.7. The topological polar surface area (TPSA) is 69.0 Å². The van der Waals surface area contributed by atoms with Gasteiger partial charge < -0.3 is 5.32 Å². The minimum Gasteiger partial charge on any atom is -0.302 e. The van der Waals surface area contributed by atoms with Crippen LogP contribution < -0.4 is 5.32 Å². The Kier molecular flexibility index (Phi) is 5.24. The fourth-order valence-corrected chi connectivity index (χ4v) is 4.07. The second kappa shape index (κ2) is 7.56. The van der Waals surface area contributed by atoms with Crippen molar-refractivity contribution in [3.05, 3.63) is 46.5 Å². The van der Waals surface area contributed by atoms with Gasteiger partial charge in [-0.3, -0.25) is 9.69 Å². The number of aromatic nitrogens is 1. The van der Waals surface area contributed by atoms with Crippen LogP contribution >= 0.6 is 11.3 Å². The number of likely N-dealkylation sites (tertiary alicyclic amines) is 1. The smallest absolute Gasteiger partial charge is 0.223 e. The van der Waals surface area contributed by atoms with Gasteiger partial charge in [-0.05, 0) is 43.5 Å². The normalized spacial score (nSPS) is 15.8. The molecule has 1 aliphatic heterocycles. The average molecular weight is 340 g/mol. The molecule has 0 radical (unpaired) electrons. The van der Waals surface area contributed by atoms with Crippen LogP contribution in [-0.4, -0.2) is 28.9 Å². The van der Waals surface area contributed by atoms with E-state index >= 15 is 0 Å². The van der Waals surface area contributed by atoms with Crippen molar-refractivity contribution < 1.29 is 4.79 Å². The highest BCUT2D eigenvalue weighted by molar-refractivity contribution is 7.15. The Balaban J connectivity index is 1.56. The van der Waals surface area contributed by atoms with Gasteiger partial charge in [-0.2, -0.15) is 5.26 Å². The lowest BCUT2D eigenvalue weighted by atomic mass is 9.87. The van der Waals surface area contributed by atoms with Crippen LogP contribution in [0.25, 0.3) is 0 Å². The van der Waals surface area contributed by atoms with Crippen LogP contribution in [0.15, 0.2) is 30.5 Å². The van der Waals surface area contributed by atoms with E-state index in [4.69, 9.17) is 0 Å². The number of nitrogens with one attached hydrogen (secondary N) is 1. The molecular weight excluding hydrogens is 320 g/mol. The molecule has 0 aliphatic carbocycles. The van der Waals surface area contributed by atoms with E-state index in [1.807, 2.05) is 24.4 Å². The third-order valence-corrected chi connectivity index (χ3v) is 5.22. The van der Waals surface area contributed by atoms with Crippen LogP contribution in [0, 0.1) is 11.3 Å². The number of nitriles is 1. The molecule has 0 bridgehead atoms. The Morgan fingerprint density at radius 1 is 1.42 bits per heavy atom. The van der Waals surface area contributed by atoms with E-state index in [1.54, 1.807) is 0 Å². The minimum absolute atomic E-state index is 0.0899. The molecule has 5 nitrogen and oxygen atoms in total. The lowest BCUT2D eigenvalue weighted by molar-refractivity contribution is -0.114. The molecule has 1 aromatic carbocycles. The summed E-state index contributed by atoms with van der Waals surface area (Å²) < 4.78 is 0. The molecule has 1 fully saturated rings. The molecule has 0 unspecified atom stereocenters. The monoisotopic (exact) mass is 340 g/mol. The molecule has 24 heavy (non-hydrogen) atoms. The lowest BCUT2D eigenvalue weighted by Gasteiger charge is -2.32. The number of hydrogen-bond acceptors (Lipinski definition) is 5. The third-order valence-electron chi connectivity index (χ3n) is 4.32. The van der Waals surface area contributed by atoms with Crippen LogP contribution in [0.3, 0.4) is 0 Å². The molecule has 6 heteroatoms. The van der Waals surface area contributed by atoms with Gasteiger partial charge in [-0.1, -0.05) is 18.2 Å². The summed E-state index contributed by atoms with van der Waals surface area (Å²) in [5.41, 5.74) is 1.99. The summed E-state index contributed by atoms with van der Waals surface area (Å²) in [5.74, 6) is 0.376. The van der Waals surface area contributed by atoms with Gasteiger partial charge in [-0.15, -0.1) is 11.3 Å². The number of thiazole rings is 1. The number of benzene rings is 1. The number of rotatable bonds is 4. The average Bonchev–Trinajstić information content (AvgIpc) is 3.01. The van der Waals surface area contributed by atoms with Gasteiger partial charge in [0.15, 0.2) is 5.13 Å². The molecular formula is C18H20N4OS. The van der Waals surface area contributed by atoms with E-state index in [-0.39, 0.29) is 5.91 Å². The van der Waals surface area contributed by atoms with Crippen molar-refractivity contribution in [2.24, 2.45) is 0 Å². The SMILES string of the molecule is CC(=O)Nc1ncc(CN2CCC(c3ccccc3C#N)CC2)s1. The van der Waals surface area contributed by atoms with Gasteiger partial charge in [-0.25, -0.2) is 4.98 Å². The van der Waals surface area contributed by atoms with Gasteiger partial charge >= 0.3 is 0 Å². The summed E-state index contributed by atoms with van der Waals surface area (Å²) in [6, 6.07) is 10.2. The van der Waals surface area contributed by atoms with Crippen molar-refractivity contribution in [1.82, 2.24) is 9.88 Å². The van der Waals surface area contributed by atoms with Crippen molar-refractivity contribution in [1.29, 1.82) is 5.26 Å². The summed E-state index contributed by atoms with van der Waals surface area (Å²) in [5, 5.41) is 12.7. The second-order valence-electron chi connectivity index (χ2n) is 6.06. The van der Waals surface area contributed by atoms with Gasteiger partial charge in [0, 0.05) is 24.5 Å². The Morgan fingerprint density at radius 2 is 2.17 bits per heavy atom. The number of nitrogens with zero attached hydrogens (tertiary/aromatic N) is 3. The number of piperidine rings is 1. The number of carbonyl (C=O) groups excluding carboxylic acids is 1. The first-order valence-corrected chi connectivity index (χ1v) is 8.91. The number of carbonyl (C=O) groups is 1. The predicted molar refractivity (Wildman–Crippen MR) is 94.8 cm³/mol. The number of hydrogen-bond donors (Lipinski definition) is 1. The fourth-order valence-electron chi connectivity index (χ4n) is 3.17. The van der Waals surface area contributed by atoms with Gasteiger partial charge in [0.2, 0.25) is 5.91 Å². The first-order valence-electron chi connectivity index (χ1n) is 8.09. The highest BCUT2D eigenvalue weighted by Gasteiger charge is 2.22. The zero-order valence-electron chi connectivity index (χ0n) is 13.7. The van der Waals surface area contributed by atoms with Gasteiger partial charge in [0.05, 0.1) is 11.6 Å². The summed E-state index contributed by atoms with van der Waals surface area (Å²) in [7, 11) is 0. The first kappa shape index (κ1) is 16.6. The van der Waals surface area contributed by atoms with Crippen molar-refractivity contribution in [3.63, 3.8) is 0 Å². The van der Waals surface area contributed by atoms with Crippen LogP contribution in [0.2, 0.25) is 0 Å².